The highest BCUT2D eigenvalue weighted by Crippen LogP contribution is 2.32. The maximum atomic E-state index is 12.8. The molecule has 0 bridgehead atoms. The van der Waals surface area contributed by atoms with Crippen LogP contribution in [0.5, 0.6) is 5.75 Å². The van der Waals surface area contributed by atoms with Crippen molar-refractivity contribution >= 4 is 17.3 Å². The molecule has 0 spiro atoms. The van der Waals surface area contributed by atoms with Gasteiger partial charge in [-0.1, -0.05) is 12.1 Å². The normalized spacial score (nSPS) is 15.1. The second-order valence-electron chi connectivity index (χ2n) is 7.38. The summed E-state index contributed by atoms with van der Waals surface area (Å²) in [6.45, 7) is 5.01. The van der Waals surface area contributed by atoms with Crippen LogP contribution in [-0.4, -0.2) is 60.7 Å². The van der Waals surface area contributed by atoms with E-state index in [0.29, 0.717) is 74.2 Å². The van der Waals surface area contributed by atoms with Crippen LogP contribution in [0.1, 0.15) is 39.9 Å². The molecule has 8 nitrogen and oxygen atoms in total. The third-order valence-electron chi connectivity index (χ3n) is 5.44. The Morgan fingerprint density at radius 1 is 1.32 bits per heavy atom. The minimum absolute atomic E-state index is 0.0218. The van der Waals surface area contributed by atoms with Crippen LogP contribution in [0, 0.1) is 11.3 Å². The van der Waals surface area contributed by atoms with Gasteiger partial charge in [0.05, 0.1) is 43.2 Å². The van der Waals surface area contributed by atoms with E-state index >= 15 is 0 Å². The van der Waals surface area contributed by atoms with Crippen LogP contribution >= 0.6 is 0 Å². The topological polar surface area (TPSA) is 100 Å². The predicted octanol–water partition coefficient (Wildman–Crippen LogP) is 2.44. The van der Waals surface area contributed by atoms with E-state index in [1.54, 1.807) is 18.1 Å². The molecule has 31 heavy (non-hydrogen) atoms. The van der Waals surface area contributed by atoms with E-state index < -0.39 is 0 Å². The van der Waals surface area contributed by atoms with Crippen molar-refractivity contribution in [2.45, 2.75) is 19.8 Å². The number of rotatable bonds is 6. The highest BCUT2D eigenvalue weighted by Gasteiger charge is 2.23. The lowest BCUT2D eigenvalue weighted by Gasteiger charge is -2.27. The standard InChI is InChI=1S/C23H25N5O3/c1-3-25-22-21-17(14-24)6-7-18(21)26-20(27-22)13-15-4-5-16(12-19(15)30-2)23(29)28-8-10-31-11-9-28/h4-6,12H,3,7-11,13H2,1-2H3,(H,25,26,27). The molecule has 2 heterocycles. The summed E-state index contributed by atoms with van der Waals surface area (Å²) in [5.74, 6) is 1.94. The van der Waals surface area contributed by atoms with Crippen LogP contribution in [0.15, 0.2) is 24.3 Å². The summed E-state index contributed by atoms with van der Waals surface area (Å²) < 4.78 is 10.9. The number of hydrogen-bond acceptors (Lipinski definition) is 7. The molecule has 0 atom stereocenters. The largest absolute Gasteiger partial charge is 0.496 e. The Bertz CT molecular complexity index is 1070. The van der Waals surface area contributed by atoms with Crippen molar-refractivity contribution < 1.29 is 14.3 Å². The first-order valence-corrected chi connectivity index (χ1v) is 10.4. The molecule has 2 aromatic rings. The molecule has 4 rings (SSSR count). The number of fused-ring (bicyclic) bond motifs is 1. The smallest absolute Gasteiger partial charge is 0.254 e. The van der Waals surface area contributed by atoms with E-state index in [4.69, 9.17) is 14.5 Å². The van der Waals surface area contributed by atoms with Crippen LogP contribution in [-0.2, 0) is 17.6 Å². The van der Waals surface area contributed by atoms with Crippen LogP contribution in [0.4, 0.5) is 5.82 Å². The summed E-state index contributed by atoms with van der Waals surface area (Å²) >= 11 is 0. The third kappa shape index (κ3) is 4.23. The van der Waals surface area contributed by atoms with E-state index in [9.17, 15) is 10.1 Å². The van der Waals surface area contributed by atoms with Gasteiger partial charge in [0.1, 0.15) is 17.4 Å². The molecule has 0 unspecified atom stereocenters. The van der Waals surface area contributed by atoms with Crippen LogP contribution in [0.2, 0.25) is 0 Å². The second kappa shape index (κ2) is 9.14. The molecule has 1 aliphatic heterocycles. The molecule has 1 N–H and O–H groups in total. The number of hydrogen-bond donors (Lipinski definition) is 1. The van der Waals surface area contributed by atoms with Gasteiger partial charge in [0.2, 0.25) is 0 Å². The lowest BCUT2D eigenvalue weighted by molar-refractivity contribution is 0.0302. The molecular weight excluding hydrogens is 394 g/mol. The zero-order valence-corrected chi connectivity index (χ0v) is 17.8. The minimum Gasteiger partial charge on any atom is -0.496 e. The maximum Gasteiger partial charge on any atom is 0.254 e. The fourth-order valence-corrected chi connectivity index (χ4v) is 3.91. The first-order chi connectivity index (χ1) is 15.1. The summed E-state index contributed by atoms with van der Waals surface area (Å²) in [6.07, 6.45) is 2.97. The molecule has 1 aliphatic carbocycles. The van der Waals surface area contributed by atoms with E-state index in [1.165, 1.54) is 0 Å². The summed E-state index contributed by atoms with van der Waals surface area (Å²) in [7, 11) is 1.60. The zero-order valence-electron chi connectivity index (χ0n) is 17.8. The minimum atomic E-state index is -0.0218. The number of carbonyl (C=O) groups is 1. The van der Waals surface area contributed by atoms with Gasteiger partial charge in [-0.2, -0.15) is 5.26 Å². The SMILES string of the molecule is CCNc1nc(Cc2ccc(C(=O)N3CCOCC3)cc2OC)nc2c1C(C#N)=CC2. The average molecular weight is 419 g/mol. The Balaban J connectivity index is 1.60. The lowest BCUT2D eigenvalue weighted by atomic mass is 10.1. The molecular formula is C23H25N5O3. The number of methoxy groups -OCH3 is 1. The molecule has 2 aliphatic rings. The number of carbonyl (C=O) groups excluding carboxylic acids is 1. The number of nitrogens with zero attached hydrogens (tertiary/aromatic N) is 4. The number of aromatic nitrogens is 2. The summed E-state index contributed by atoms with van der Waals surface area (Å²) in [5, 5.41) is 12.6. The Kier molecular flexibility index (Phi) is 6.14. The quantitative estimate of drug-likeness (QED) is 0.767. The number of morpholine rings is 1. The highest BCUT2D eigenvalue weighted by atomic mass is 16.5. The monoisotopic (exact) mass is 419 g/mol. The van der Waals surface area contributed by atoms with Crippen molar-refractivity contribution in [1.29, 1.82) is 5.26 Å². The first kappa shape index (κ1) is 20.8. The number of benzene rings is 1. The summed E-state index contributed by atoms with van der Waals surface area (Å²) in [6, 6.07) is 7.73. The van der Waals surface area contributed by atoms with E-state index in [-0.39, 0.29) is 5.91 Å². The number of nitrogens with one attached hydrogen (secondary N) is 1. The number of anilines is 1. The Morgan fingerprint density at radius 3 is 2.84 bits per heavy atom. The number of ether oxygens (including phenoxy) is 2. The predicted molar refractivity (Wildman–Crippen MR) is 116 cm³/mol. The highest BCUT2D eigenvalue weighted by molar-refractivity contribution is 5.95. The van der Waals surface area contributed by atoms with Crippen molar-refractivity contribution in [2.75, 3.05) is 45.3 Å². The molecule has 160 valence electrons. The first-order valence-electron chi connectivity index (χ1n) is 10.4. The van der Waals surface area contributed by atoms with Crippen molar-refractivity contribution in [3.63, 3.8) is 0 Å². The Labute approximate surface area is 181 Å². The van der Waals surface area contributed by atoms with Gasteiger partial charge in [-0.3, -0.25) is 4.79 Å². The molecule has 1 amide bonds. The van der Waals surface area contributed by atoms with E-state index in [1.807, 2.05) is 25.1 Å². The van der Waals surface area contributed by atoms with Gasteiger partial charge in [-0.15, -0.1) is 0 Å². The molecule has 0 radical (unpaired) electrons. The molecule has 1 aromatic heterocycles. The van der Waals surface area contributed by atoms with Crippen LogP contribution in [0.3, 0.4) is 0 Å². The van der Waals surface area contributed by atoms with Crippen molar-refractivity contribution in [3.05, 3.63) is 52.5 Å². The van der Waals surface area contributed by atoms with Gasteiger partial charge in [-0.05, 0) is 19.1 Å². The summed E-state index contributed by atoms with van der Waals surface area (Å²) in [5.41, 5.74) is 3.76. The Hall–Kier alpha value is -3.44. The van der Waals surface area contributed by atoms with Crippen molar-refractivity contribution in [3.8, 4) is 11.8 Å². The van der Waals surface area contributed by atoms with Gasteiger partial charge in [0.25, 0.3) is 5.91 Å². The second-order valence-corrected chi connectivity index (χ2v) is 7.38. The van der Waals surface area contributed by atoms with Crippen LogP contribution in [0.25, 0.3) is 5.57 Å². The van der Waals surface area contributed by atoms with Crippen molar-refractivity contribution in [2.24, 2.45) is 0 Å². The summed E-state index contributed by atoms with van der Waals surface area (Å²) in [4.78, 5) is 24.0. The number of amides is 1. The van der Waals surface area contributed by atoms with Gasteiger partial charge >= 0.3 is 0 Å². The molecule has 0 saturated carbocycles. The molecule has 1 saturated heterocycles. The molecule has 8 heteroatoms. The molecule has 1 aromatic carbocycles. The van der Waals surface area contributed by atoms with Crippen LogP contribution < -0.4 is 10.1 Å². The Morgan fingerprint density at radius 2 is 2.13 bits per heavy atom. The van der Waals surface area contributed by atoms with Gasteiger partial charge in [-0.25, -0.2) is 9.97 Å². The van der Waals surface area contributed by atoms with Gasteiger partial charge in [0, 0.05) is 43.6 Å². The average Bonchev–Trinajstić information content (AvgIpc) is 3.23. The van der Waals surface area contributed by atoms with Gasteiger partial charge in [0.15, 0.2) is 0 Å². The fraction of sp³-hybridized carbons (Fsp3) is 0.391. The maximum absolute atomic E-state index is 12.8. The molecule has 1 fully saturated rings. The van der Waals surface area contributed by atoms with E-state index in [2.05, 4.69) is 16.4 Å². The van der Waals surface area contributed by atoms with Crippen molar-refractivity contribution in [1.82, 2.24) is 14.9 Å². The fourth-order valence-electron chi connectivity index (χ4n) is 3.91. The lowest BCUT2D eigenvalue weighted by Crippen LogP contribution is -2.40. The van der Waals surface area contributed by atoms with E-state index in [0.717, 1.165) is 16.8 Å². The number of nitriles is 1. The number of allylic oxidation sites excluding steroid dienone is 2. The van der Waals surface area contributed by atoms with Gasteiger partial charge < -0.3 is 19.7 Å². The zero-order chi connectivity index (χ0) is 21.8. The third-order valence-corrected chi connectivity index (χ3v) is 5.44.